The number of hydrogen-bond acceptors (Lipinski definition) is 2. The maximum absolute atomic E-state index is 13.0. The normalized spacial score (nSPS) is 13.7. The zero-order valence-electron chi connectivity index (χ0n) is 12.6. The van der Waals surface area contributed by atoms with Crippen molar-refractivity contribution in [1.82, 2.24) is 10.3 Å². The predicted octanol–water partition coefficient (Wildman–Crippen LogP) is 2.94. The molecular formula is C18H17FN2O2. The fourth-order valence-electron chi connectivity index (χ4n) is 2.46. The fourth-order valence-corrected chi connectivity index (χ4v) is 2.46. The highest BCUT2D eigenvalue weighted by Crippen LogP contribution is 2.20. The molecule has 3 N–H and O–H groups in total. The molecule has 0 aliphatic rings. The van der Waals surface area contributed by atoms with E-state index < -0.39 is 5.60 Å². The number of aromatic nitrogens is 1. The molecular weight excluding hydrogens is 295 g/mol. The van der Waals surface area contributed by atoms with E-state index in [1.54, 1.807) is 19.1 Å². The number of H-pyrrole nitrogens is 1. The Labute approximate surface area is 133 Å². The summed E-state index contributed by atoms with van der Waals surface area (Å²) < 4.78 is 13.0. The number of carbonyl (C=O) groups is 1. The second kappa shape index (κ2) is 5.85. The monoisotopic (exact) mass is 312 g/mol. The number of nitrogens with one attached hydrogen (secondary N) is 2. The molecule has 1 amide bonds. The molecule has 0 aliphatic heterocycles. The molecule has 0 aliphatic carbocycles. The summed E-state index contributed by atoms with van der Waals surface area (Å²) in [6, 6.07) is 12.8. The molecule has 3 rings (SSSR count). The van der Waals surface area contributed by atoms with Crippen LogP contribution >= 0.6 is 0 Å². The van der Waals surface area contributed by atoms with E-state index in [1.807, 2.05) is 18.3 Å². The van der Waals surface area contributed by atoms with E-state index in [0.717, 1.165) is 10.9 Å². The molecule has 1 atom stereocenters. The minimum absolute atomic E-state index is 0.0304. The van der Waals surface area contributed by atoms with Gasteiger partial charge in [0.25, 0.3) is 5.91 Å². The van der Waals surface area contributed by atoms with Gasteiger partial charge in [-0.15, -0.1) is 0 Å². The third-order valence-corrected chi connectivity index (χ3v) is 3.87. The van der Waals surface area contributed by atoms with E-state index >= 15 is 0 Å². The molecule has 1 heterocycles. The lowest BCUT2D eigenvalue weighted by Crippen LogP contribution is -2.38. The van der Waals surface area contributed by atoms with Crippen molar-refractivity contribution in [2.24, 2.45) is 0 Å². The van der Waals surface area contributed by atoms with Gasteiger partial charge in [0, 0.05) is 22.7 Å². The number of carbonyl (C=O) groups excluding carboxylic acids is 1. The summed E-state index contributed by atoms with van der Waals surface area (Å²) in [6.07, 6.45) is 1.81. The van der Waals surface area contributed by atoms with Gasteiger partial charge in [-0.3, -0.25) is 4.79 Å². The maximum atomic E-state index is 13.0. The summed E-state index contributed by atoms with van der Waals surface area (Å²) in [5.41, 5.74) is 0.744. The standard InChI is InChI=1S/C18H17FN2O2/c1-18(23,14-3-5-15(19)6-4-14)11-21-17(22)13-2-7-16-12(10-13)8-9-20-16/h2-10,20,23H,11H2,1H3,(H,21,22). The van der Waals surface area contributed by atoms with Crippen LogP contribution in [0.25, 0.3) is 10.9 Å². The van der Waals surface area contributed by atoms with Gasteiger partial charge in [-0.1, -0.05) is 12.1 Å². The fraction of sp³-hybridized carbons (Fsp3) is 0.167. The largest absolute Gasteiger partial charge is 0.384 e. The van der Waals surface area contributed by atoms with Gasteiger partial charge in [-0.25, -0.2) is 4.39 Å². The van der Waals surface area contributed by atoms with E-state index in [-0.39, 0.29) is 18.3 Å². The Bertz CT molecular complexity index is 838. The van der Waals surface area contributed by atoms with Crippen molar-refractivity contribution >= 4 is 16.8 Å². The van der Waals surface area contributed by atoms with Crippen LogP contribution in [0.2, 0.25) is 0 Å². The molecule has 5 heteroatoms. The van der Waals surface area contributed by atoms with Crippen LogP contribution in [-0.2, 0) is 5.60 Å². The number of hydrogen-bond donors (Lipinski definition) is 3. The van der Waals surface area contributed by atoms with Crippen LogP contribution in [0.4, 0.5) is 4.39 Å². The predicted molar refractivity (Wildman–Crippen MR) is 86.6 cm³/mol. The van der Waals surface area contributed by atoms with Crippen molar-refractivity contribution in [2.75, 3.05) is 6.54 Å². The SMILES string of the molecule is CC(O)(CNC(=O)c1ccc2[nH]ccc2c1)c1ccc(F)cc1. The smallest absolute Gasteiger partial charge is 0.251 e. The molecule has 0 radical (unpaired) electrons. The molecule has 0 fully saturated rings. The topological polar surface area (TPSA) is 65.1 Å². The zero-order valence-corrected chi connectivity index (χ0v) is 12.6. The molecule has 4 nitrogen and oxygen atoms in total. The first kappa shape index (κ1) is 15.2. The molecule has 118 valence electrons. The lowest BCUT2D eigenvalue weighted by atomic mass is 9.96. The molecule has 3 aromatic rings. The highest BCUT2D eigenvalue weighted by atomic mass is 19.1. The summed E-state index contributed by atoms with van der Waals surface area (Å²) in [7, 11) is 0. The van der Waals surface area contributed by atoms with Gasteiger partial charge in [-0.2, -0.15) is 0 Å². The first-order chi connectivity index (χ1) is 11.0. The maximum Gasteiger partial charge on any atom is 0.251 e. The van der Waals surface area contributed by atoms with Gasteiger partial charge in [0.1, 0.15) is 11.4 Å². The third kappa shape index (κ3) is 3.24. The Morgan fingerprint density at radius 1 is 1.22 bits per heavy atom. The van der Waals surface area contributed by atoms with Crippen LogP contribution in [0.3, 0.4) is 0 Å². The van der Waals surface area contributed by atoms with Crippen LogP contribution in [0.15, 0.2) is 54.7 Å². The number of aliphatic hydroxyl groups is 1. The molecule has 1 aromatic heterocycles. The van der Waals surface area contributed by atoms with Crippen LogP contribution in [0.5, 0.6) is 0 Å². The van der Waals surface area contributed by atoms with Crippen molar-refractivity contribution in [3.8, 4) is 0 Å². The Kier molecular flexibility index (Phi) is 3.88. The summed E-state index contributed by atoms with van der Waals surface area (Å²) in [6.45, 7) is 1.61. The minimum Gasteiger partial charge on any atom is -0.384 e. The van der Waals surface area contributed by atoms with E-state index in [1.165, 1.54) is 24.3 Å². The molecule has 23 heavy (non-hydrogen) atoms. The highest BCUT2D eigenvalue weighted by molar-refractivity contribution is 5.98. The van der Waals surface area contributed by atoms with Crippen LogP contribution in [-0.4, -0.2) is 22.5 Å². The number of benzene rings is 2. The lowest BCUT2D eigenvalue weighted by Gasteiger charge is -2.24. The van der Waals surface area contributed by atoms with Gasteiger partial charge in [0.2, 0.25) is 0 Å². The summed E-state index contributed by atoms with van der Waals surface area (Å²) in [4.78, 5) is 15.3. The van der Waals surface area contributed by atoms with Gasteiger partial charge >= 0.3 is 0 Å². The van der Waals surface area contributed by atoms with E-state index in [4.69, 9.17) is 0 Å². The van der Waals surface area contributed by atoms with Crippen molar-refractivity contribution in [1.29, 1.82) is 0 Å². The number of aromatic amines is 1. The van der Waals surface area contributed by atoms with E-state index in [0.29, 0.717) is 11.1 Å². The summed E-state index contributed by atoms with van der Waals surface area (Å²) >= 11 is 0. The molecule has 0 saturated heterocycles. The highest BCUT2D eigenvalue weighted by Gasteiger charge is 2.24. The van der Waals surface area contributed by atoms with Crippen molar-refractivity contribution < 1.29 is 14.3 Å². The van der Waals surface area contributed by atoms with E-state index in [9.17, 15) is 14.3 Å². The van der Waals surface area contributed by atoms with E-state index in [2.05, 4.69) is 10.3 Å². The molecule has 0 bridgehead atoms. The van der Waals surface area contributed by atoms with Gasteiger partial charge in [0.05, 0.1) is 6.54 Å². The Morgan fingerprint density at radius 3 is 2.70 bits per heavy atom. The number of halogens is 1. The zero-order chi connectivity index (χ0) is 16.4. The van der Waals surface area contributed by atoms with Gasteiger partial charge in [-0.05, 0) is 48.9 Å². The number of amides is 1. The number of fused-ring (bicyclic) bond motifs is 1. The summed E-state index contributed by atoms with van der Waals surface area (Å²) in [5.74, 6) is -0.635. The lowest BCUT2D eigenvalue weighted by molar-refractivity contribution is 0.0526. The van der Waals surface area contributed by atoms with Crippen molar-refractivity contribution in [2.45, 2.75) is 12.5 Å². The molecule has 2 aromatic carbocycles. The summed E-state index contributed by atoms with van der Waals surface area (Å²) in [5, 5.41) is 14.1. The number of rotatable bonds is 4. The average Bonchev–Trinajstić information content (AvgIpc) is 3.00. The van der Waals surface area contributed by atoms with Gasteiger partial charge in [0.15, 0.2) is 0 Å². The second-order valence-corrected chi connectivity index (χ2v) is 5.74. The van der Waals surface area contributed by atoms with Crippen LogP contribution < -0.4 is 5.32 Å². The molecule has 0 saturated carbocycles. The Hall–Kier alpha value is -2.66. The molecule has 1 unspecified atom stereocenters. The van der Waals surface area contributed by atoms with Crippen LogP contribution in [0.1, 0.15) is 22.8 Å². The third-order valence-electron chi connectivity index (χ3n) is 3.87. The van der Waals surface area contributed by atoms with Crippen molar-refractivity contribution in [3.05, 3.63) is 71.7 Å². The van der Waals surface area contributed by atoms with Gasteiger partial charge < -0.3 is 15.4 Å². The minimum atomic E-state index is -1.28. The Morgan fingerprint density at radius 2 is 1.96 bits per heavy atom. The Balaban J connectivity index is 1.71. The quantitative estimate of drug-likeness (QED) is 0.693. The first-order valence-electron chi connectivity index (χ1n) is 7.29. The molecule has 0 spiro atoms. The van der Waals surface area contributed by atoms with Crippen LogP contribution in [0, 0.1) is 5.82 Å². The first-order valence-corrected chi connectivity index (χ1v) is 7.29. The second-order valence-electron chi connectivity index (χ2n) is 5.74. The average molecular weight is 312 g/mol. The van der Waals surface area contributed by atoms with Crippen molar-refractivity contribution in [3.63, 3.8) is 0 Å².